The van der Waals surface area contributed by atoms with Gasteiger partial charge in [0.25, 0.3) is 5.97 Å². The van der Waals surface area contributed by atoms with Crippen LogP contribution in [-0.2, 0) is 4.79 Å². The molecular formula is C6H12Cl2O2. The molecule has 0 aromatic heterocycles. The van der Waals surface area contributed by atoms with Crippen LogP contribution in [0.2, 0.25) is 0 Å². The molecule has 0 aromatic carbocycles. The summed E-state index contributed by atoms with van der Waals surface area (Å²) in [5.74, 6) is 0.281. The third-order valence-electron chi connectivity index (χ3n) is 0.0714. The first-order chi connectivity index (χ1) is 4.65. The van der Waals surface area contributed by atoms with E-state index in [1.54, 1.807) is 0 Å². The zero-order chi connectivity index (χ0) is 8.99. The Balaban J connectivity index is -0.0000000787. The number of hydrogen-bond acceptors (Lipinski definition) is 1. The third-order valence-corrected chi connectivity index (χ3v) is 0.643. The smallest absolute Gasteiger partial charge is 0.300 e. The molecule has 0 aliphatic rings. The van der Waals surface area contributed by atoms with Gasteiger partial charge in [0, 0.05) is 18.7 Å². The fourth-order valence-electron chi connectivity index (χ4n) is 0. The molecule has 0 unspecified atom stereocenters. The minimum Gasteiger partial charge on any atom is -0.481 e. The van der Waals surface area contributed by atoms with Gasteiger partial charge < -0.3 is 5.11 Å². The molecule has 4 heteroatoms. The quantitative estimate of drug-likeness (QED) is 0.505. The molecule has 0 bridgehead atoms. The Morgan fingerprint density at radius 2 is 1.50 bits per heavy atom. The van der Waals surface area contributed by atoms with Crippen molar-refractivity contribution in [1.82, 2.24) is 0 Å². The molecule has 2 nitrogen and oxygen atoms in total. The van der Waals surface area contributed by atoms with E-state index in [1.165, 1.54) is 0 Å². The van der Waals surface area contributed by atoms with E-state index in [-0.39, 0.29) is 0 Å². The fourth-order valence-corrected chi connectivity index (χ4v) is 0. The van der Waals surface area contributed by atoms with Gasteiger partial charge in [0.05, 0.1) is 0 Å². The first kappa shape index (κ1) is 16.4. The molecule has 0 aromatic rings. The number of aliphatic carboxylic acids is 1. The first-order valence-corrected chi connectivity index (χ1v) is 3.53. The monoisotopic (exact) mass is 186 g/mol. The van der Waals surface area contributed by atoms with E-state index in [9.17, 15) is 0 Å². The molecule has 0 fully saturated rings. The van der Waals surface area contributed by atoms with Gasteiger partial charge in [-0.15, -0.1) is 36.4 Å². The minimum atomic E-state index is -0.833. The van der Waals surface area contributed by atoms with Gasteiger partial charge >= 0.3 is 0 Å². The molecule has 0 rings (SSSR count). The van der Waals surface area contributed by atoms with Crippen LogP contribution in [-0.4, -0.2) is 22.8 Å². The second-order valence-electron chi connectivity index (χ2n) is 0.897. The lowest BCUT2D eigenvalue weighted by atomic mass is 10.9. The van der Waals surface area contributed by atoms with Gasteiger partial charge in [-0.25, -0.2) is 0 Å². The van der Waals surface area contributed by atoms with Crippen LogP contribution >= 0.6 is 23.2 Å². The highest BCUT2D eigenvalue weighted by Crippen LogP contribution is 1.75. The van der Waals surface area contributed by atoms with Crippen molar-refractivity contribution in [3.63, 3.8) is 0 Å². The van der Waals surface area contributed by atoms with Crippen LogP contribution in [0.25, 0.3) is 0 Å². The summed E-state index contributed by atoms with van der Waals surface area (Å²) in [6, 6.07) is 0. The Morgan fingerprint density at radius 1 is 1.40 bits per heavy atom. The van der Waals surface area contributed by atoms with Crippen LogP contribution in [0, 0.1) is 0 Å². The van der Waals surface area contributed by atoms with Crippen molar-refractivity contribution in [2.45, 2.75) is 6.92 Å². The van der Waals surface area contributed by atoms with E-state index in [0.717, 1.165) is 6.92 Å². The van der Waals surface area contributed by atoms with Crippen molar-refractivity contribution < 1.29 is 9.90 Å². The third kappa shape index (κ3) is 575. The summed E-state index contributed by atoms with van der Waals surface area (Å²) in [5, 5.41) is 7.42. The molecule has 0 spiro atoms. The van der Waals surface area contributed by atoms with Gasteiger partial charge in [0.2, 0.25) is 0 Å². The van der Waals surface area contributed by atoms with Gasteiger partial charge in [0.1, 0.15) is 0 Å². The maximum absolute atomic E-state index is 9.00. The first-order valence-electron chi connectivity index (χ1n) is 2.46. The normalized spacial score (nSPS) is 5.90. The highest BCUT2D eigenvalue weighted by Gasteiger charge is 1.65. The molecule has 0 radical (unpaired) electrons. The summed E-state index contributed by atoms with van der Waals surface area (Å²) in [6.07, 6.45) is 0. The molecule has 0 saturated carbocycles. The zero-order valence-electron chi connectivity index (χ0n) is 5.94. The fraction of sp³-hybridized carbons (Fsp3) is 0.500. The van der Waals surface area contributed by atoms with Crippen molar-refractivity contribution in [1.29, 1.82) is 0 Å². The Kier molecular flexibility index (Phi) is 38.1. The van der Waals surface area contributed by atoms with E-state index in [2.05, 4.69) is 13.2 Å². The topological polar surface area (TPSA) is 37.3 Å². The zero-order valence-corrected chi connectivity index (χ0v) is 7.45. The Labute approximate surface area is 71.4 Å². The van der Waals surface area contributed by atoms with Crippen molar-refractivity contribution in [2.75, 3.05) is 11.8 Å². The van der Waals surface area contributed by atoms with Crippen molar-refractivity contribution >= 4 is 29.2 Å². The molecule has 0 aliphatic heterocycles. The number of carboxylic acid groups (broad SMARTS) is 1. The number of rotatable bonds is 1. The lowest BCUT2D eigenvalue weighted by Crippen LogP contribution is -1.78. The second-order valence-corrected chi connectivity index (χ2v) is 1.65. The van der Waals surface area contributed by atoms with Crippen LogP contribution in [0.15, 0.2) is 13.2 Å². The molecule has 1 N–H and O–H groups in total. The molecule has 0 amide bonds. The highest BCUT2D eigenvalue weighted by atomic mass is 35.5. The van der Waals surface area contributed by atoms with E-state index in [1.807, 2.05) is 0 Å². The van der Waals surface area contributed by atoms with E-state index < -0.39 is 5.97 Å². The maximum atomic E-state index is 9.00. The lowest BCUT2D eigenvalue weighted by molar-refractivity contribution is -0.134. The van der Waals surface area contributed by atoms with E-state index in [0.29, 0.717) is 11.8 Å². The minimum absolute atomic E-state index is 0.557. The van der Waals surface area contributed by atoms with Gasteiger partial charge in [-0.3, -0.25) is 4.79 Å². The van der Waals surface area contributed by atoms with Gasteiger partial charge in [-0.05, 0) is 0 Å². The van der Waals surface area contributed by atoms with Gasteiger partial charge in [-0.2, -0.15) is 0 Å². The maximum Gasteiger partial charge on any atom is 0.300 e. The van der Waals surface area contributed by atoms with Gasteiger partial charge in [0.15, 0.2) is 0 Å². The number of alkyl halides is 2. The van der Waals surface area contributed by atoms with Gasteiger partial charge in [-0.1, -0.05) is 0 Å². The Hall–Kier alpha value is -0.210. The van der Waals surface area contributed by atoms with Crippen molar-refractivity contribution in [3.05, 3.63) is 13.2 Å². The summed E-state index contributed by atoms with van der Waals surface area (Å²) in [4.78, 5) is 9.00. The summed E-state index contributed by atoms with van der Waals surface area (Å²) in [6.45, 7) is 7.08. The Bertz CT molecular complexity index is 60.8. The number of hydrogen-bond donors (Lipinski definition) is 1. The molecule has 0 heterocycles. The van der Waals surface area contributed by atoms with Crippen LogP contribution in [0.5, 0.6) is 0 Å². The standard InChI is InChI=1S/C2H4Cl2.C2H4O2.C2H4/c3-1-2-4;1-2(3)4;1-2/h1-2H2;1H3,(H,3,4);1-2H2. The van der Waals surface area contributed by atoms with Crippen LogP contribution in [0.3, 0.4) is 0 Å². The lowest BCUT2D eigenvalue weighted by Gasteiger charge is -1.63. The number of halogens is 2. The van der Waals surface area contributed by atoms with Crippen molar-refractivity contribution in [2.24, 2.45) is 0 Å². The molecule has 10 heavy (non-hydrogen) atoms. The van der Waals surface area contributed by atoms with Crippen LogP contribution < -0.4 is 0 Å². The predicted molar refractivity (Wildman–Crippen MR) is 46.0 cm³/mol. The SMILES string of the molecule is C=C.CC(=O)O.ClCCCl. The highest BCUT2D eigenvalue weighted by molar-refractivity contribution is 6.25. The largest absolute Gasteiger partial charge is 0.481 e. The summed E-state index contributed by atoms with van der Waals surface area (Å²) in [5.41, 5.74) is 0. The van der Waals surface area contributed by atoms with Crippen LogP contribution in [0.1, 0.15) is 6.92 Å². The molecule has 62 valence electrons. The summed E-state index contributed by atoms with van der Waals surface area (Å²) >= 11 is 10.1. The Morgan fingerprint density at radius 3 is 1.50 bits per heavy atom. The molecule has 0 saturated heterocycles. The van der Waals surface area contributed by atoms with E-state index in [4.69, 9.17) is 33.1 Å². The molecular weight excluding hydrogens is 175 g/mol. The molecule has 0 atom stereocenters. The number of carboxylic acids is 1. The van der Waals surface area contributed by atoms with Crippen LogP contribution in [0.4, 0.5) is 0 Å². The summed E-state index contributed by atoms with van der Waals surface area (Å²) in [7, 11) is 0. The average molecular weight is 187 g/mol. The van der Waals surface area contributed by atoms with Crippen molar-refractivity contribution in [3.8, 4) is 0 Å². The number of carbonyl (C=O) groups is 1. The van der Waals surface area contributed by atoms with E-state index >= 15 is 0 Å². The second kappa shape index (κ2) is 23.2. The average Bonchev–Trinajstić information content (AvgIpc) is 1.91. The summed E-state index contributed by atoms with van der Waals surface area (Å²) < 4.78 is 0. The molecule has 0 aliphatic carbocycles. The predicted octanol–water partition coefficient (Wildman–Crippen LogP) is 2.36.